The summed E-state index contributed by atoms with van der Waals surface area (Å²) < 4.78 is 4.90. The minimum absolute atomic E-state index is 0.0890. The Kier molecular flexibility index (Phi) is 6.48. The normalized spacial score (nSPS) is 10.7. The van der Waals surface area contributed by atoms with Crippen molar-refractivity contribution < 1.29 is 9.53 Å². The number of esters is 1. The standard InChI is InChI=1S/C16H24O2/c1-4-18-16(17)7-5-6-14-8-10-15(11-9-14)12-13(2)3/h8-11,13H,4-7,12H2,1-3H3. The zero-order valence-electron chi connectivity index (χ0n) is 11.7. The van der Waals surface area contributed by atoms with Crippen LogP contribution in [0, 0.1) is 5.92 Å². The van der Waals surface area contributed by atoms with E-state index in [1.807, 2.05) is 6.92 Å². The van der Waals surface area contributed by atoms with Crippen molar-refractivity contribution in [3.63, 3.8) is 0 Å². The molecule has 0 aromatic heterocycles. The van der Waals surface area contributed by atoms with Crippen molar-refractivity contribution in [3.05, 3.63) is 35.4 Å². The van der Waals surface area contributed by atoms with Crippen molar-refractivity contribution in [2.45, 2.75) is 46.5 Å². The van der Waals surface area contributed by atoms with E-state index in [1.165, 1.54) is 11.1 Å². The summed E-state index contributed by atoms with van der Waals surface area (Å²) in [6, 6.07) is 8.73. The summed E-state index contributed by atoms with van der Waals surface area (Å²) in [5.41, 5.74) is 2.69. The van der Waals surface area contributed by atoms with Crippen molar-refractivity contribution in [1.82, 2.24) is 0 Å². The molecule has 2 nitrogen and oxygen atoms in total. The van der Waals surface area contributed by atoms with Crippen LogP contribution in [0.5, 0.6) is 0 Å². The maximum Gasteiger partial charge on any atom is 0.305 e. The van der Waals surface area contributed by atoms with Gasteiger partial charge in [0.1, 0.15) is 0 Å². The molecule has 0 saturated carbocycles. The highest BCUT2D eigenvalue weighted by atomic mass is 16.5. The summed E-state index contributed by atoms with van der Waals surface area (Å²) in [4.78, 5) is 11.2. The Morgan fingerprint density at radius 3 is 2.33 bits per heavy atom. The van der Waals surface area contributed by atoms with Gasteiger partial charge in [-0.15, -0.1) is 0 Å². The number of benzene rings is 1. The largest absolute Gasteiger partial charge is 0.466 e. The van der Waals surface area contributed by atoms with Crippen molar-refractivity contribution >= 4 is 5.97 Å². The SMILES string of the molecule is CCOC(=O)CCCc1ccc(CC(C)C)cc1. The molecule has 0 atom stereocenters. The average molecular weight is 248 g/mol. The van der Waals surface area contributed by atoms with Crippen molar-refractivity contribution in [2.24, 2.45) is 5.92 Å². The van der Waals surface area contributed by atoms with Gasteiger partial charge in [-0.25, -0.2) is 0 Å². The predicted octanol–water partition coefficient (Wildman–Crippen LogP) is 3.77. The highest BCUT2D eigenvalue weighted by Crippen LogP contribution is 2.11. The van der Waals surface area contributed by atoms with Crippen molar-refractivity contribution in [3.8, 4) is 0 Å². The Hall–Kier alpha value is -1.31. The molecule has 0 aliphatic heterocycles. The predicted molar refractivity (Wildman–Crippen MR) is 74.6 cm³/mol. The first-order chi connectivity index (χ1) is 8.61. The third kappa shape index (κ3) is 5.85. The molecule has 1 aromatic rings. The minimum atomic E-state index is -0.0890. The van der Waals surface area contributed by atoms with Crippen LogP contribution in [-0.2, 0) is 22.4 Å². The van der Waals surface area contributed by atoms with E-state index < -0.39 is 0 Å². The molecule has 100 valence electrons. The molecular formula is C16H24O2. The summed E-state index contributed by atoms with van der Waals surface area (Å²) in [7, 11) is 0. The molecule has 0 radical (unpaired) electrons. The Morgan fingerprint density at radius 1 is 1.17 bits per heavy atom. The second-order valence-electron chi connectivity index (χ2n) is 5.07. The lowest BCUT2D eigenvalue weighted by Crippen LogP contribution is -2.04. The molecule has 0 spiro atoms. The first-order valence-electron chi connectivity index (χ1n) is 6.85. The zero-order valence-corrected chi connectivity index (χ0v) is 11.7. The van der Waals surface area contributed by atoms with Crippen LogP contribution in [0.15, 0.2) is 24.3 Å². The van der Waals surface area contributed by atoms with E-state index in [1.54, 1.807) is 0 Å². The fourth-order valence-corrected chi connectivity index (χ4v) is 1.98. The molecule has 0 amide bonds. The monoisotopic (exact) mass is 248 g/mol. The first kappa shape index (κ1) is 14.7. The van der Waals surface area contributed by atoms with Gasteiger partial charge in [-0.1, -0.05) is 38.1 Å². The third-order valence-electron chi connectivity index (χ3n) is 2.82. The summed E-state index contributed by atoms with van der Waals surface area (Å²) in [5, 5.41) is 0. The number of aryl methyl sites for hydroxylation is 1. The zero-order chi connectivity index (χ0) is 13.4. The van der Waals surface area contributed by atoms with E-state index in [0.29, 0.717) is 18.9 Å². The van der Waals surface area contributed by atoms with Crippen LogP contribution in [0.25, 0.3) is 0 Å². The highest BCUT2D eigenvalue weighted by Gasteiger charge is 2.02. The molecule has 0 N–H and O–H groups in total. The Balaban J connectivity index is 2.33. The van der Waals surface area contributed by atoms with Crippen LogP contribution in [0.1, 0.15) is 44.7 Å². The van der Waals surface area contributed by atoms with E-state index in [2.05, 4.69) is 38.1 Å². The molecule has 1 aromatic carbocycles. The van der Waals surface area contributed by atoms with Gasteiger partial charge in [-0.05, 0) is 43.2 Å². The Morgan fingerprint density at radius 2 is 1.78 bits per heavy atom. The lowest BCUT2D eigenvalue weighted by atomic mass is 10.0. The summed E-state index contributed by atoms with van der Waals surface area (Å²) in [5.74, 6) is 0.605. The average Bonchev–Trinajstić information content (AvgIpc) is 2.31. The van der Waals surface area contributed by atoms with Gasteiger partial charge in [0.25, 0.3) is 0 Å². The lowest BCUT2D eigenvalue weighted by Gasteiger charge is -2.06. The molecular weight excluding hydrogens is 224 g/mol. The molecule has 0 unspecified atom stereocenters. The van der Waals surface area contributed by atoms with E-state index in [4.69, 9.17) is 4.74 Å². The molecule has 0 aliphatic carbocycles. The number of hydrogen-bond donors (Lipinski definition) is 0. The van der Waals surface area contributed by atoms with Crippen LogP contribution in [0.3, 0.4) is 0 Å². The van der Waals surface area contributed by atoms with Gasteiger partial charge < -0.3 is 4.74 Å². The smallest absolute Gasteiger partial charge is 0.305 e. The van der Waals surface area contributed by atoms with Crippen LogP contribution in [0.4, 0.5) is 0 Å². The molecule has 0 bridgehead atoms. The summed E-state index contributed by atoms with van der Waals surface area (Å²) >= 11 is 0. The molecule has 0 fully saturated rings. The maximum atomic E-state index is 11.2. The molecule has 18 heavy (non-hydrogen) atoms. The molecule has 0 saturated heterocycles. The van der Waals surface area contributed by atoms with E-state index in [9.17, 15) is 4.79 Å². The number of hydrogen-bond acceptors (Lipinski definition) is 2. The van der Waals surface area contributed by atoms with E-state index in [-0.39, 0.29) is 5.97 Å². The molecule has 1 rings (SSSR count). The molecule has 0 aliphatic rings. The second kappa shape index (κ2) is 7.91. The minimum Gasteiger partial charge on any atom is -0.466 e. The van der Waals surface area contributed by atoms with Gasteiger partial charge in [0, 0.05) is 6.42 Å². The first-order valence-corrected chi connectivity index (χ1v) is 6.85. The van der Waals surface area contributed by atoms with E-state index >= 15 is 0 Å². The van der Waals surface area contributed by atoms with Gasteiger partial charge in [-0.2, -0.15) is 0 Å². The van der Waals surface area contributed by atoms with Gasteiger partial charge in [0.15, 0.2) is 0 Å². The maximum absolute atomic E-state index is 11.2. The van der Waals surface area contributed by atoms with Crippen molar-refractivity contribution in [1.29, 1.82) is 0 Å². The van der Waals surface area contributed by atoms with Gasteiger partial charge >= 0.3 is 5.97 Å². The second-order valence-corrected chi connectivity index (χ2v) is 5.07. The quantitative estimate of drug-likeness (QED) is 0.687. The summed E-state index contributed by atoms with van der Waals surface area (Å²) in [6.45, 7) is 6.77. The molecule has 0 heterocycles. The number of carbonyl (C=O) groups is 1. The molecule has 2 heteroatoms. The van der Waals surface area contributed by atoms with Crippen LogP contribution >= 0.6 is 0 Å². The number of ether oxygens (including phenoxy) is 1. The fourth-order valence-electron chi connectivity index (χ4n) is 1.98. The van der Waals surface area contributed by atoms with Crippen molar-refractivity contribution in [2.75, 3.05) is 6.61 Å². The highest BCUT2D eigenvalue weighted by molar-refractivity contribution is 5.69. The van der Waals surface area contributed by atoms with Gasteiger partial charge in [-0.3, -0.25) is 4.79 Å². The lowest BCUT2D eigenvalue weighted by molar-refractivity contribution is -0.143. The fraction of sp³-hybridized carbons (Fsp3) is 0.562. The Labute approximate surface area is 110 Å². The van der Waals surface area contributed by atoms with Crippen LogP contribution in [-0.4, -0.2) is 12.6 Å². The Bertz CT molecular complexity index is 352. The third-order valence-corrected chi connectivity index (χ3v) is 2.82. The van der Waals surface area contributed by atoms with Gasteiger partial charge in [0.2, 0.25) is 0 Å². The topological polar surface area (TPSA) is 26.3 Å². The number of rotatable bonds is 7. The van der Waals surface area contributed by atoms with Gasteiger partial charge in [0.05, 0.1) is 6.61 Å². The van der Waals surface area contributed by atoms with Crippen LogP contribution in [0.2, 0.25) is 0 Å². The summed E-state index contributed by atoms with van der Waals surface area (Å²) in [6.07, 6.45) is 3.45. The van der Waals surface area contributed by atoms with Crippen LogP contribution < -0.4 is 0 Å². The number of carbonyl (C=O) groups excluding carboxylic acids is 1. The van der Waals surface area contributed by atoms with E-state index in [0.717, 1.165) is 19.3 Å².